The van der Waals surface area contributed by atoms with Crippen LogP contribution in [-0.2, 0) is 11.2 Å². The molecular formula is C11H8Br2N2O2S. The van der Waals surface area contributed by atoms with Gasteiger partial charge in [0.05, 0.1) is 17.8 Å². The van der Waals surface area contributed by atoms with Crippen LogP contribution in [0.3, 0.4) is 0 Å². The fraction of sp³-hybridized carbons (Fsp3) is 0.0909. The van der Waals surface area contributed by atoms with E-state index in [0.29, 0.717) is 10.8 Å². The fourth-order valence-electron chi connectivity index (χ4n) is 1.32. The van der Waals surface area contributed by atoms with E-state index in [2.05, 4.69) is 42.2 Å². The van der Waals surface area contributed by atoms with Gasteiger partial charge in [0.1, 0.15) is 0 Å². The maximum Gasteiger partial charge on any atom is 0.309 e. The Balaban J connectivity index is 2.19. The van der Waals surface area contributed by atoms with Gasteiger partial charge in [0, 0.05) is 14.3 Å². The summed E-state index contributed by atoms with van der Waals surface area (Å²) >= 11 is 8.26. The molecule has 0 saturated heterocycles. The smallest absolute Gasteiger partial charge is 0.309 e. The van der Waals surface area contributed by atoms with E-state index in [9.17, 15) is 4.79 Å². The third-order valence-electron chi connectivity index (χ3n) is 2.08. The van der Waals surface area contributed by atoms with Crippen molar-refractivity contribution in [3.63, 3.8) is 0 Å². The van der Waals surface area contributed by atoms with E-state index in [4.69, 9.17) is 5.11 Å². The highest BCUT2D eigenvalue weighted by atomic mass is 79.9. The molecule has 0 unspecified atom stereocenters. The van der Waals surface area contributed by atoms with Crippen molar-refractivity contribution >= 4 is 60.0 Å². The molecule has 2 N–H and O–H groups in total. The number of carboxylic acid groups (broad SMARTS) is 1. The van der Waals surface area contributed by atoms with E-state index >= 15 is 0 Å². The molecule has 0 radical (unpaired) electrons. The number of nitrogens with one attached hydrogen (secondary N) is 1. The molecule has 0 aliphatic heterocycles. The van der Waals surface area contributed by atoms with Gasteiger partial charge in [-0.1, -0.05) is 6.07 Å². The van der Waals surface area contributed by atoms with Gasteiger partial charge in [0.15, 0.2) is 5.13 Å². The van der Waals surface area contributed by atoms with Crippen LogP contribution >= 0.6 is 43.2 Å². The van der Waals surface area contributed by atoms with Crippen LogP contribution in [0, 0.1) is 0 Å². The first-order valence-electron chi connectivity index (χ1n) is 4.93. The molecule has 1 aromatic carbocycles. The number of anilines is 2. The number of hydrogen-bond acceptors (Lipinski definition) is 4. The molecule has 0 bridgehead atoms. The topological polar surface area (TPSA) is 62.2 Å². The number of rotatable bonds is 4. The van der Waals surface area contributed by atoms with Crippen LogP contribution < -0.4 is 5.32 Å². The van der Waals surface area contributed by atoms with Gasteiger partial charge in [-0.15, -0.1) is 11.3 Å². The van der Waals surface area contributed by atoms with Crippen LogP contribution in [-0.4, -0.2) is 16.1 Å². The van der Waals surface area contributed by atoms with Crippen molar-refractivity contribution in [2.24, 2.45) is 0 Å². The number of thiazole rings is 1. The van der Waals surface area contributed by atoms with Crippen molar-refractivity contribution in [3.8, 4) is 0 Å². The van der Waals surface area contributed by atoms with Crippen LogP contribution in [0.4, 0.5) is 10.8 Å². The van der Waals surface area contributed by atoms with Crippen LogP contribution in [0.5, 0.6) is 0 Å². The molecule has 1 aromatic heterocycles. The lowest BCUT2D eigenvalue weighted by Crippen LogP contribution is -2.00. The van der Waals surface area contributed by atoms with Crippen LogP contribution in [0.25, 0.3) is 0 Å². The monoisotopic (exact) mass is 390 g/mol. The molecule has 0 atom stereocenters. The Morgan fingerprint density at radius 2 is 2.06 bits per heavy atom. The maximum atomic E-state index is 10.6. The number of aromatic nitrogens is 1. The molecule has 0 saturated carbocycles. The summed E-state index contributed by atoms with van der Waals surface area (Å²) in [6.07, 6.45) is -0.0602. The summed E-state index contributed by atoms with van der Waals surface area (Å²) in [6, 6.07) is 5.74. The standard InChI is InChI=1S/C11H8Br2N2O2S/c12-7-2-1-3-8(13)10(7)15-11-14-6(5-18-11)4-9(16)17/h1-3,5H,4H2,(H,14,15)(H,16,17). The average molecular weight is 392 g/mol. The van der Waals surface area contributed by atoms with Crippen molar-refractivity contribution in [1.82, 2.24) is 4.98 Å². The highest BCUT2D eigenvalue weighted by Gasteiger charge is 2.09. The predicted octanol–water partition coefficient (Wildman–Crippen LogP) is 4.04. The van der Waals surface area contributed by atoms with Gasteiger partial charge in [-0.3, -0.25) is 4.79 Å². The van der Waals surface area contributed by atoms with E-state index in [1.165, 1.54) is 11.3 Å². The SMILES string of the molecule is O=C(O)Cc1csc(Nc2c(Br)cccc2Br)n1. The Kier molecular flexibility index (Phi) is 4.36. The zero-order valence-corrected chi connectivity index (χ0v) is 13.0. The van der Waals surface area contributed by atoms with Gasteiger partial charge in [-0.05, 0) is 44.0 Å². The van der Waals surface area contributed by atoms with E-state index < -0.39 is 5.97 Å². The summed E-state index contributed by atoms with van der Waals surface area (Å²) < 4.78 is 1.82. The second-order valence-corrected chi connectivity index (χ2v) is 6.00. The van der Waals surface area contributed by atoms with Crippen LogP contribution in [0.15, 0.2) is 32.5 Å². The first-order valence-corrected chi connectivity index (χ1v) is 7.40. The number of carboxylic acids is 1. The lowest BCUT2D eigenvalue weighted by atomic mass is 10.3. The quantitative estimate of drug-likeness (QED) is 0.825. The van der Waals surface area contributed by atoms with Crippen molar-refractivity contribution < 1.29 is 9.90 Å². The van der Waals surface area contributed by atoms with Crippen LogP contribution in [0.1, 0.15) is 5.69 Å². The Morgan fingerprint density at radius 1 is 1.39 bits per heavy atom. The maximum absolute atomic E-state index is 10.6. The predicted molar refractivity (Wildman–Crippen MR) is 78.6 cm³/mol. The van der Waals surface area contributed by atoms with Gasteiger partial charge in [-0.2, -0.15) is 0 Å². The summed E-state index contributed by atoms with van der Waals surface area (Å²) in [5, 5.41) is 14.2. The summed E-state index contributed by atoms with van der Waals surface area (Å²) in [7, 11) is 0. The molecule has 0 spiro atoms. The second kappa shape index (κ2) is 5.81. The van der Waals surface area contributed by atoms with Crippen molar-refractivity contribution in [1.29, 1.82) is 0 Å². The Bertz CT molecular complexity index is 566. The number of hydrogen-bond donors (Lipinski definition) is 2. The Morgan fingerprint density at radius 3 is 2.67 bits per heavy atom. The molecular weight excluding hydrogens is 384 g/mol. The number of aliphatic carboxylic acids is 1. The summed E-state index contributed by atoms with van der Waals surface area (Å²) in [5.74, 6) is -0.881. The third kappa shape index (κ3) is 3.30. The molecule has 0 amide bonds. The molecule has 4 nitrogen and oxygen atoms in total. The van der Waals surface area contributed by atoms with E-state index in [1.807, 2.05) is 18.2 Å². The minimum Gasteiger partial charge on any atom is -0.481 e. The second-order valence-electron chi connectivity index (χ2n) is 3.44. The van der Waals surface area contributed by atoms with E-state index in [0.717, 1.165) is 14.6 Å². The average Bonchev–Trinajstić information content (AvgIpc) is 2.70. The minimum atomic E-state index is -0.881. The summed E-state index contributed by atoms with van der Waals surface area (Å²) in [6.45, 7) is 0. The zero-order chi connectivity index (χ0) is 13.1. The van der Waals surface area contributed by atoms with Crippen molar-refractivity contribution in [2.75, 3.05) is 5.32 Å². The highest BCUT2D eigenvalue weighted by molar-refractivity contribution is 9.11. The van der Waals surface area contributed by atoms with Gasteiger partial charge >= 0.3 is 5.97 Å². The van der Waals surface area contributed by atoms with E-state index in [1.54, 1.807) is 5.38 Å². The molecule has 7 heteroatoms. The summed E-state index contributed by atoms with van der Waals surface area (Å²) in [4.78, 5) is 14.8. The van der Waals surface area contributed by atoms with Crippen molar-refractivity contribution in [3.05, 3.63) is 38.2 Å². The lowest BCUT2D eigenvalue weighted by molar-refractivity contribution is -0.136. The number of halogens is 2. The van der Waals surface area contributed by atoms with Gasteiger partial charge in [0.25, 0.3) is 0 Å². The van der Waals surface area contributed by atoms with Crippen LogP contribution in [0.2, 0.25) is 0 Å². The van der Waals surface area contributed by atoms with Gasteiger partial charge in [-0.25, -0.2) is 4.98 Å². The third-order valence-corrected chi connectivity index (χ3v) is 4.21. The van der Waals surface area contributed by atoms with Gasteiger partial charge in [0.2, 0.25) is 0 Å². The highest BCUT2D eigenvalue weighted by Crippen LogP contribution is 2.33. The van der Waals surface area contributed by atoms with Crippen molar-refractivity contribution in [2.45, 2.75) is 6.42 Å². The molecule has 2 aromatic rings. The Hall–Kier alpha value is -0.920. The Labute approximate surface area is 124 Å². The fourth-order valence-corrected chi connectivity index (χ4v) is 3.24. The molecule has 0 aliphatic rings. The largest absolute Gasteiger partial charge is 0.481 e. The molecule has 1 heterocycles. The lowest BCUT2D eigenvalue weighted by Gasteiger charge is -2.07. The number of benzene rings is 1. The zero-order valence-electron chi connectivity index (χ0n) is 8.98. The van der Waals surface area contributed by atoms with Gasteiger partial charge < -0.3 is 10.4 Å². The van der Waals surface area contributed by atoms with E-state index in [-0.39, 0.29) is 6.42 Å². The minimum absolute atomic E-state index is 0.0602. The normalized spacial score (nSPS) is 10.3. The number of nitrogens with zero attached hydrogens (tertiary/aromatic N) is 1. The summed E-state index contributed by atoms with van der Waals surface area (Å²) in [5.41, 5.74) is 1.42. The molecule has 94 valence electrons. The first kappa shape index (κ1) is 13.5. The molecule has 0 aliphatic carbocycles. The molecule has 0 fully saturated rings. The number of carbonyl (C=O) groups is 1. The molecule has 2 rings (SSSR count). The first-order chi connectivity index (χ1) is 8.56. The number of para-hydroxylation sites is 1. The molecule has 18 heavy (non-hydrogen) atoms.